The highest BCUT2D eigenvalue weighted by Gasteiger charge is 2.26. The van der Waals surface area contributed by atoms with Crippen LogP contribution in [0.5, 0.6) is 5.75 Å². The van der Waals surface area contributed by atoms with E-state index >= 15 is 0 Å². The summed E-state index contributed by atoms with van der Waals surface area (Å²) in [6.07, 6.45) is 2.42. The number of ether oxygens (including phenoxy) is 2. The Balaban J connectivity index is 2.24. The van der Waals surface area contributed by atoms with Crippen LogP contribution in [0, 0.1) is 0 Å². The minimum Gasteiger partial charge on any atom is -0.497 e. The maximum Gasteiger partial charge on any atom is 0.358 e. The van der Waals surface area contributed by atoms with E-state index in [0.717, 1.165) is 11.8 Å². The molecule has 3 rings (SSSR count). The second-order valence-electron chi connectivity index (χ2n) is 6.81. The van der Waals surface area contributed by atoms with E-state index in [1.54, 1.807) is 62.7 Å². The summed E-state index contributed by atoms with van der Waals surface area (Å²) in [5, 5.41) is 0. The van der Waals surface area contributed by atoms with Crippen molar-refractivity contribution in [1.29, 1.82) is 0 Å². The Morgan fingerprint density at radius 3 is 2.42 bits per heavy atom. The van der Waals surface area contributed by atoms with E-state index in [2.05, 4.69) is 4.98 Å². The van der Waals surface area contributed by atoms with Gasteiger partial charge >= 0.3 is 5.97 Å². The number of benzene rings is 1. The molecule has 0 aliphatic carbocycles. The van der Waals surface area contributed by atoms with E-state index in [0.29, 0.717) is 22.7 Å². The van der Waals surface area contributed by atoms with E-state index in [-0.39, 0.29) is 5.69 Å². The molecule has 3 aromatic rings. The fourth-order valence-electron chi connectivity index (χ4n) is 2.65. The van der Waals surface area contributed by atoms with Crippen molar-refractivity contribution < 1.29 is 19.1 Å². The molecule has 0 aliphatic heterocycles. The summed E-state index contributed by atoms with van der Waals surface area (Å²) in [5.74, 6) is 0.198. The first-order chi connectivity index (χ1) is 12.3. The predicted molar refractivity (Wildman–Crippen MR) is 97.7 cm³/mol. The van der Waals surface area contributed by atoms with E-state index in [9.17, 15) is 9.59 Å². The van der Waals surface area contributed by atoms with Gasteiger partial charge in [-0.25, -0.2) is 9.78 Å². The standard InChI is InChI=1S/C20H20N2O4/c1-20(2,3)26-19(24)17-16(13-7-9-15(25-4)10-8-13)21-18-14(12-23)6-5-11-22(17)18/h5-12H,1-4H3. The van der Waals surface area contributed by atoms with Gasteiger partial charge in [0, 0.05) is 11.8 Å². The molecule has 0 amide bonds. The van der Waals surface area contributed by atoms with Gasteiger partial charge in [0.2, 0.25) is 0 Å². The van der Waals surface area contributed by atoms with Crippen LogP contribution in [0.4, 0.5) is 0 Å². The van der Waals surface area contributed by atoms with Gasteiger partial charge in [-0.1, -0.05) is 0 Å². The van der Waals surface area contributed by atoms with E-state index < -0.39 is 11.6 Å². The number of rotatable bonds is 4. The molecule has 0 N–H and O–H groups in total. The minimum absolute atomic E-state index is 0.281. The van der Waals surface area contributed by atoms with Crippen molar-refractivity contribution in [2.24, 2.45) is 0 Å². The summed E-state index contributed by atoms with van der Waals surface area (Å²) in [6.45, 7) is 5.41. The molecule has 0 unspecified atom stereocenters. The van der Waals surface area contributed by atoms with Crippen molar-refractivity contribution in [2.45, 2.75) is 26.4 Å². The number of imidazole rings is 1. The largest absolute Gasteiger partial charge is 0.497 e. The molecular weight excluding hydrogens is 332 g/mol. The molecule has 0 spiro atoms. The number of methoxy groups -OCH3 is 1. The quantitative estimate of drug-likeness (QED) is 0.528. The van der Waals surface area contributed by atoms with Gasteiger partial charge < -0.3 is 9.47 Å². The molecule has 1 aromatic carbocycles. The monoisotopic (exact) mass is 352 g/mol. The average Bonchev–Trinajstić information content (AvgIpc) is 3.00. The van der Waals surface area contributed by atoms with Crippen LogP contribution in [-0.2, 0) is 4.74 Å². The highest BCUT2D eigenvalue weighted by atomic mass is 16.6. The van der Waals surface area contributed by atoms with Crippen molar-refractivity contribution in [3.63, 3.8) is 0 Å². The number of hydrogen-bond donors (Lipinski definition) is 0. The van der Waals surface area contributed by atoms with Crippen LogP contribution in [-0.4, -0.2) is 34.4 Å². The summed E-state index contributed by atoms with van der Waals surface area (Å²) in [5.41, 5.74) is 1.62. The third-order valence-electron chi connectivity index (χ3n) is 3.76. The summed E-state index contributed by atoms with van der Waals surface area (Å²) >= 11 is 0. The van der Waals surface area contributed by atoms with Crippen LogP contribution in [0.25, 0.3) is 16.9 Å². The molecule has 0 radical (unpaired) electrons. The molecule has 26 heavy (non-hydrogen) atoms. The lowest BCUT2D eigenvalue weighted by atomic mass is 10.1. The van der Waals surface area contributed by atoms with Gasteiger partial charge in [-0.15, -0.1) is 0 Å². The first kappa shape index (κ1) is 17.7. The third-order valence-corrected chi connectivity index (χ3v) is 3.76. The van der Waals surface area contributed by atoms with Crippen molar-refractivity contribution in [3.05, 3.63) is 53.9 Å². The molecule has 2 aromatic heterocycles. The predicted octanol–water partition coefficient (Wildman–Crippen LogP) is 3.78. The zero-order valence-corrected chi connectivity index (χ0v) is 15.1. The van der Waals surface area contributed by atoms with Crippen LogP contribution in [0.3, 0.4) is 0 Å². The van der Waals surface area contributed by atoms with Crippen LogP contribution < -0.4 is 4.74 Å². The van der Waals surface area contributed by atoms with Crippen LogP contribution in [0.2, 0.25) is 0 Å². The number of carbonyl (C=O) groups excluding carboxylic acids is 2. The van der Waals surface area contributed by atoms with Crippen molar-refractivity contribution >= 4 is 17.9 Å². The lowest BCUT2D eigenvalue weighted by Gasteiger charge is -2.19. The SMILES string of the molecule is COc1ccc(-c2nc3c(C=O)cccn3c2C(=O)OC(C)(C)C)cc1. The zero-order valence-electron chi connectivity index (χ0n) is 15.1. The number of esters is 1. The minimum atomic E-state index is -0.652. The molecule has 6 nitrogen and oxygen atoms in total. The molecule has 0 bridgehead atoms. The average molecular weight is 352 g/mol. The fraction of sp³-hybridized carbons (Fsp3) is 0.250. The van der Waals surface area contributed by atoms with Gasteiger partial charge in [-0.05, 0) is 57.2 Å². The number of carbonyl (C=O) groups is 2. The van der Waals surface area contributed by atoms with E-state index in [4.69, 9.17) is 9.47 Å². The number of hydrogen-bond acceptors (Lipinski definition) is 5. The smallest absolute Gasteiger partial charge is 0.358 e. The van der Waals surface area contributed by atoms with Crippen LogP contribution >= 0.6 is 0 Å². The molecule has 0 saturated carbocycles. The van der Waals surface area contributed by atoms with Crippen molar-refractivity contribution in [1.82, 2.24) is 9.38 Å². The summed E-state index contributed by atoms with van der Waals surface area (Å²) in [4.78, 5) is 28.8. The normalized spacial score (nSPS) is 11.4. The molecule has 0 saturated heterocycles. The summed E-state index contributed by atoms with van der Waals surface area (Å²) in [6, 6.07) is 10.6. The highest BCUT2D eigenvalue weighted by Crippen LogP contribution is 2.28. The number of fused-ring (bicyclic) bond motifs is 1. The van der Waals surface area contributed by atoms with Gasteiger partial charge in [-0.3, -0.25) is 9.20 Å². The molecule has 0 aliphatic rings. The summed E-state index contributed by atoms with van der Waals surface area (Å²) in [7, 11) is 1.59. The van der Waals surface area contributed by atoms with Gasteiger partial charge in [0.1, 0.15) is 22.7 Å². The first-order valence-corrected chi connectivity index (χ1v) is 8.18. The fourth-order valence-corrected chi connectivity index (χ4v) is 2.65. The van der Waals surface area contributed by atoms with Gasteiger partial charge in [-0.2, -0.15) is 0 Å². The highest BCUT2D eigenvalue weighted by molar-refractivity contribution is 5.98. The first-order valence-electron chi connectivity index (χ1n) is 8.18. The number of nitrogens with zero attached hydrogens (tertiary/aromatic N) is 2. The molecule has 0 fully saturated rings. The maximum absolute atomic E-state index is 12.9. The van der Waals surface area contributed by atoms with E-state index in [1.807, 2.05) is 12.1 Å². The molecule has 0 atom stereocenters. The number of pyridine rings is 1. The third kappa shape index (κ3) is 3.31. The number of aldehydes is 1. The molecule has 2 heterocycles. The Hall–Kier alpha value is -3.15. The Morgan fingerprint density at radius 2 is 1.85 bits per heavy atom. The van der Waals surface area contributed by atoms with Crippen molar-refractivity contribution in [3.8, 4) is 17.0 Å². The Bertz CT molecular complexity index is 966. The lowest BCUT2D eigenvalue weighted by Crippen LogP contribution is -2.25. The van der Waals surface area contributed by atoms with Crippen molar-refractivity contribution in [2.75, 3.05) is 7.11 Å². The Morgan fingerprint density at radius 1 is 1.15 bits per heavy atom. The second kappa shape index (κ2) is 6.63. The Labute approximate surface area is 151 Å². The Kier molecular flexibility index (Phi) is 4.50. The zero-order chi connectivity index (χ0) is 18.9. The van der Waals surface area contributed by atoms with Crippen LogP contribution in [0.1, 0.15) is 41.6 Å². The topological polar surface area (TPSA) is 69.9 Å². The molecule has 6 heteroatoms. The molecular formula is C20H20N2O4. The van der Waals surface area contributed by atoms with Crippen LogP contribution in [0.15, 0.2) is 42.6 Å². The van der Waals surface area contributed by atoms with Gasteiger partial charge in [0.25, 0.3) is 0 Å². The van der Waals surface area contributed by atoms with E-state index in [1.165, 1.54) is 0 Å². The summed E-state index contributed by atoms with van der Waals surface area (Å²) < 4.78 is 12.3. The lowest BCUT2D eigenvalue weighted by molar-refractivity contribution is 0.00626. The van der Waals surface area contributed by atoms with Gasteiger partial charge in [0.15, 0.2) is 12.0 Å². The maximum atomic E-state index is 12.9. The van der Waals surface area contributed by atoms with Gasteiger partial charge in [0.05, 0.1) is 12.7 Å². The second-order valence-corrected chi connectivity index (χ2v) is 6.81. The molecule has 134 valence electrons. The number of aromatic nitrogens is 2.